The Morgan fingerprint density at radius 3 is 2.41 bits per heavy atom. The van der Waals surface area contributed by atoms with Gasteiger partial charge in [-0.05, 0) is 12.5 Å². The average Bonchev–Trinajstić information content (AvgIpc) is 2.46. The number of para-hydroxylation sites is 1. The topological polar surface area (TPSA) is 67.4 Å². The zero-order valence-electron chi connectivity index (χ0n) is 12.0. The largest absolute Gasteiger partial charge is 0.496 e. The normalized spacial score (nSPS) is 10.9. The number of nitrogens with one attached hydrogen (secondary N) is 2. The molecule has 0 heterocycles. The van der Waals surface area contributed by atoms with Gasteiger partial charge in [0.05, 0.1) is 13.5 Å². The van der Waals surface area contributed by atoms with Gasteiger partial charge in [-0.25, -0.2) is 0 Å². The van der Waals surface area contributed by atoms with Crippen molar-refractivity contribution in [3.8, 4) is 5.75 Å². The molecule has 0 atom stereocenters. The number of halogens is 3. The summed E-state index contributed by atoms with van der Waals surface area (Å²) in [5.41, 5.74) is 0.716. The third kappa shape index (κ3) is 6.02. The van der Waals surface area contributed by atoms with Crippen LogP contribution in [0.5, 0.6) is 5.75 Å². The van der Waals surface area contributed by atoms with Gasteiger partial charge in [0.15, 0.2) is 0 Å². The number of methoxy groups -OCH3 is 1. The summed E-state index contributed by atoms with van der Waals surface area (Å²) < 4.78 is 40.8. The predicted octanol–water partition coefficient (Wildman–Crippen LogP) is 1.42. The SMILES string of the molecule is COc1ccccc1CC(=O)NCCCNC(=O)C(F)(F)F. The minimum absolute atomic E-state index is 0.110. The Hall–Kier alpha value is -2.25. The molecule has 5 nitrogen and oxygen atoms in total. The number of carbonyl (C=O) groups is 2. The van der Waals surface area contributed by atoms with Crippen LogP contribution in [0.2, 0.25) is 0 Å². The molecule has 8 heteroatoms. The highest BCUT2D eigenvalue weighted by molar-refractivity contribution is 5.81. The van der Waals surface area contributed by atoms with E-state index < -0.39 is 12.1 Å². The summed E-state index contributed by atoms with van der Waals surface area (Å²) >= 11 is 0. The minimum Gasteiger partial charge on any atom is -0.496 e. The molecule has 0 saturated heterocycles. The summed E-state index contributed by atoms with van der Waals surface area (Å²) in [6.07, 6.45) is -4.56. The molecule has 0 unspecified atom stereocenters. The first-order chi connectivity index (χ1) is 10.3. The highest BCUT2D eigenvalue weighted by atomic mass is 19.4. The Morgan fingerprint density at radius 1 is 1.14 bits per heavy atom. The van der Waals surface area contributed by atoms with Gasteiger partial charge in [-0.15, -0.1) is 0 Å². The Labute approximate surface area is 125 Å². The molecule has 2 N–H and O–H groups in total. The lowest BCUT2D eigenvalue weighted by atomic mass is 10.1. The smallest absolute Gasteiger partial charge is 0.471 e. The lowest BCUT2D eigenvalue weighted by molar-refractivity contribution is -0.173. The van der Waals surface area contributed by atoms with Crippen LogP contribution in [0.4, 0.5) is 13.2 Å². The van der Waals surface area contributed by atoms with Gasteiger partial charge >= 0.3 is 12.1 Å². The molecule has 1 aromatic rings. The van der Waals surface area contributed by atoms with Crippen molar-refractivity contribution in [3.63, 3.8) is 0 Å². The first kappa shape index (κ1) is 17.8. The Kier molecular flexibility index (Phi) is 6.68. The highest BCUT2D eigenvalue weighted by Crippen LogP contribution is 2.17. The van der Waals surface area contributed by atoms with E-state index in [0.717, 1.165) is 0 Å². The van der Waals surface area contributed by atoms with Crippen molar-refractivity contribution in [1.82, 2.24) is 10.6 Å². The molecule has 0 radical (unpaired) electrons. The van der Waals surface area contributed by atoms with Crippen LogP contribution in [-0.2, 0) is 16.0 Å². The second kappa shape index (κ2) is 8.26. The van der Waals surface area contributed by atoms with Gasteiger partial charge in [0, 0.05) is 18.7 Å². The molecule has 1 rings (SSSR count). The van der Waals surface area contributed by atoms with Gasteiger partial charge in [-0.3, -0.25) is 9.59 Å². The number of ether oxygens (including phenoxy) is 1. The van der Waals surface area contributed by atoms with Crippen LogP contribution in [0.1, 0.15) is 12.0 Å². The number of carbonyl (C=O) groups excluding carboxylic acids is 2. The van der Waals surface area contributed by atoms with Crippen LogP contribution >= 0.6 is 0 Å². The third-order valence-corrected chi connectivity index (χ3v) is 2.76. The quantitative estimate of drug-likeness (QED) is 0.747. The number of rotatable bonds is 7. The van der Waals surface area contributed by atoms with E-state index in [4.69, 9.17) is 4.74 Å². The monoisotopic (exact) mass is 318 g/mol. The Balaban J connectivity index is 2.26. The molecule has 0 fully saturated rings. The van der Waals surface area contributed by atoms with Crippen molar-refractivity contribution in [2.75, 3.05) is 20.2 Å². The van der Waals surface area contributed by atoms with Crippen LogP contribution < -0.4 is 15.4 Å². The number of benzene rings is 1. The summed E-state index contributed by atoms with van der Waals surface area (Å²) in [6, 6.07) is 7.04. The Morgan fingerprint density at radius 2 is 1.77 bits per heavy atom. The first-order valence-corrected chi connectivity index (χ1v) is 6.58. The van der Waals surface area contributed by atoms with Gasteiger partial charge in [0.25, 0.3) is 0 Å². The molecule has 0 spiro atoms. The van der Waals surface area contributed by atoms with Crippen LogP contribution in [0.15, 0.2) is 24.3 Å². The molecular weight excluding hydrogens is 301 g/mol. The molecule has 0 aliphatic heterocycles. The summed E-state index contributed by atoms with van der Waals surface area (Å²) in [4.78, 5) is 22.2. The summed E-state index contributed by atoms with van der Waals surface area (Å²) in [5, 5.41) is 4.30. The number of hydrogen-bond donors (Lipinski definition) is 2. The van der Waals surface area contributed by atoms with Crippen molar-refractivity contribution < 1.29 is 27.5 Å². The maximum absolute atomic E-state index is 11.9. The minimum atomic E-state index is -4.88. The van der Waals surface area contributed by atoms with Gasteiger partial charge in [-0.1, -0.05) is 18.2 Å². The number of alkyl halides is 3. The van der Waals surface area contributed by atoms with E-state index >= 15 is 0 Å². The molecule has 1 aromatic carbocycles. The van der Waals surface area contributed by atoms with Crippen LogP contribution in [0.3, 0.4) is 0 Å². The molecule has 0 aliphatic carbocycles. The molecule has 122 valence electrons. The van der Waals surface area contributed by atoms with E-state index in [1.165, 1.54) is 7.11 Å². The van der Waals surface area contributed by atoms with E-state index in [2.05, 4.69) is 5.32 Å². The fourth-order valence-electron chi connectivity index (χ4n) is 1.70. The summed E-state index contributed by atoms with van der Waals surface area (Å²) in [7, 11) is 1.50. The van der Waals surface area contributed by atoms with Gasteiger partial charge in [0.2, 0.25) is 5.91 Å². The van der Waals surface area contributed by atoms with Crippen LogP contribution in [0, 0.1) is 0 Å². The second-order valence-corrected chi connectivity index (χ2v) is 4.45. The lowest BCUT2D eigenvalue weighted by Gasteiger charge is -2.10. The molecule has 0 bridgehead atoms. The number of hydrogen-bond acceptors (Lipinski definition) is 3. The standard InChI is InChI=1S/C14H17F3N2O3/c1-22-11-6-3-2-5-10(11)9-12(20)18-7-4-8-19-13(21)14(15,16)17/h2-3,5-6H,4,7-9H2,1H3,(H,18,20)(H,19,21). The molecule has 0 aliphatic rings. The van der Waals surface area contributed by atoms with Gasteiger partial charge in [-0.2, -0.15) is 13.2 Å². The fraction of sp³-hybridized carbons (Fsp3) is 0.429. The summed E-state index contributed by atoms with van der Waals surface area (Å²) in [5.74, 6) is -1.66. The van der Waals surface area contributed by atoms with E-state index in [1.807, 2.05) is 0 Å². The predicted molar refractivity (Wildman–Crippen MR) is 73.4 cm³/mol. The van der Waals surface area contributed by atoms with Crippen molar-refractivity contribution >= 4 is 11.8 Å². The van der Waals surface area contributed by atoms with Crippen molar-refractivity contribution in [2.24, 2.45) is 0 Å². The van der Waals surface area contributed by atoms with Crippen LogP contribution in [0.25, 0.3) is 0 Å². The van der Waals surface area contributed by atoms with Crippen molar-refractivity contribution in [2.45, 2.75) is 19.0 Å². The molecule has 0 saturated carbocycles. The van der Waals surface area contributed by atoms with Crippen molar-refractivity contribution in [1.29, 1.82) is 0 Å². The fourth-order valence-corrected chi connectivity index (χ4v) is 1.70. The maximum Gasteiger partial charge on any atom is 0.471 e. The van der Waals surface area contributed by atoms with E-state index in [-0.39, 0.29) is 31.8 Å². The van der Waals surface area contributed by atoms with E-state index in [0.29, 0.717) is 11.3 Å². The van der Waals surface area contributed by atoms with Crippen LogP contribution in [-0.4, -0.2) is 38.2 Å². The lowest BCUT2D eigenvalue weighted by Crippen LogP contribution is -2.38. The van der Waals surface area contributed by atoms with Gasteiger partial charge in [0.1, 0.15) is 5.75 Å². The first-order valence-electron chi connectivity index (χ1n) is 6.58. The maximum atomic E-state index is 11.9. The molecular formula is C14H17F3N2O3. The van der Waals surface area contributed by atoms with E-state index in [9.17, 15) is 22.8 Å². The third-order valence-electron chi connectivity index (χ3n) is 2.76. The highest BCUT2D eigenvalue weighted by Gasteiger charge is 2.38. The zero-order valence-corrected chi connectivity index (χ0v) is 12.0. The summed E-state index contributed by atoms with van der Waals surface area (Å²) in [6.45, 7) is 0.0133. The van der Waals surface area contributed by atoms with E-state index in [1.54, 1.807) is 29.6 Å². The molecule has 0 aromatic heterocycles. The zero-order chi connectivity index (χ0) is 16.6. The molecule has 22 heavy (non-hydrogen) atoms. The van der Waals surface area contributed by atoms with Gasteiger partial charge < -0.3 is 15.4 Å². The number of amides is 2. The Bertz CT molecular complexity index is 518. The van der Waals surface area contributed by atoms with Crippen molar-refractivity contribution in [3.05, 3.63) is 29.8 Å². The average molecular weight is 318 g/mol. The molecule has 2 amide bonds. The second-order valence-electron chi connectivity index (χ2n) is 4.45.